The zero-order valence-corrected chi connectivity index (χ0v) is 11.9. The Morgan fingerprint density at radius 2 is 1.50 bits per heavy atom. The maximum atomic E-state index is 5.93. The van der Waals surface area contributed by atoms with E-state index in [4.69, 9.17) is 8.85 Å². The van der Waals surface area contributed by atoms with E-state index in [2.05, 4.69) is 46.9 Å². The zero-order chi connectivity index (χ0) is 11.2. The van der Waals surface area contributed by atoms with Crippen LogP contribution < -0.4 is 0 Å². The standard InChI is InChI=1S/C10H24O2SSi/c1-9(2)11-14(5,8-6-7-13)12-10(3)4/h9-10,13H,6-8H2,1-5H3. The van der Waals surface area contributed by atoms with Crippen LogP contribution in [-0.4, -0.2) is 26.5 Å². The summed E-state index contributed by atoms with van der Waals surface area (Å²) >= 11 is 4.22. The van der Waals surface area contributed by atoms with Crippen molar-refractivity contribution in [3.8, 4) is 0 Å². The summed E-state index contributed by atoms with van der Waals surface area (Å²) < 4.78 is 11.9. The SMILES string of the molecule is CC(C)O[Si](C)(CCCS)OC(C)C. The van der Waals surface area contributed by atoms with Crippen LogP contribution in [-0.2, 0) is 8.85 Å². The van der Waals surface area contributed by atoms with Gasteiger partial charge in [-0.05, 0) is 52.5 Å². The van der Waals surface area contributed by atoms with Crippen molar-refractivity contribution in [2.24, 2.45) is 0 Å². The third-order valence-electron chi connectivity index (χ3n) is 1.76. The lowest BCUT2D eigenvalue weighted by Gasteiger charge is -2.31. The second-order valence-electron chi connectivity index (χ2n) is 4.29. The highest BCUT2D eigenvalue weighted by Crippen LogP contribution is 2.20. The Hall–Kier alpha value is 0.487. The molecule has 0 saturated heterocycles. The van der Waals surface area contributed by atoms with Gasteiger partial charge < -0.3 is 8.85 Å². The Labute approximate surface area is 95.0 Å². The molecule has 0 aromatic rings. The highest BCUT2D eigenvalue weighted by Gasteiger charge is 2.32. The minimum atomic E-state index is -1.95. The van der Waals surface area contributed by atoms with E-state index >= 15 is 0 Å². The van der Waals surface area contributed by atoms with E-state index in [1.165, 1.54) is 0 Å². The molecule has 4 heteroatoms. The summed E-state index contributed by atoms with van der Waals surface area (Å²) in [6.45, 7) is 10.4. The van der Waals surface area contributed by atoms with Gasteiger partial charge in [-0.25, -0.2) is 0 Å². The van der Waals surface area contributed by atoms with Crippen LogP contribution in [0.5, 0.6) is 0 Å². The van der Waals surface area contributed by atoms with Gasteiger partial charge in [-0.2, -0.15) is 12.6 Å². The molecule has 0 bridgehead atoms. The Balaban J connectivity index is 4.17. The first-order valence-corrected chi connectivity index (χ1v) is 8.51. The van der Waals surface area contributed by atoms with Gasteiger partial charge in [-0.1, -0.05) is 0 Å². The molecule has 0 radical (unpaired) electrons. The fraction of sp³-hybridized carbons (Fsp3) is 1.00. The molecule has 0 aliphatic carbocycles. The van der Waals surface area contributed by atoms with Crippen LogP contribution in [0.25, 0.3) is 0 Å². The molecule has 0 spiro atoms. The lowest BCUT2D eigenvalue weighted by molar-refractivity contribution is 0.109. The van der Waals surface area contributed by atoms with E-state index in [1.54, 1.807) is 0 Å². The number of hydrogen-bond donors (Lipinski definition) is 1. The molecule has 0 aliphatic heterocycles. The fourth-order valence-electron chi connectivity index (χ4n) is 1.54. The van der Waals surface area contributed by atoms with Crippen molar-refractivity contribution >= 4 is 21.2 Å². The van der Waals surface area contributed by atoms with E-state index in [0.717, 1.165) is 18.2 Å². The summed E-state index contributed by atoms with van der Waals surface area (Å²) in [7, 11) is -1.95. The van der Waals surface area contributed by atoms with Gasteiger partial charge in [-0.15, -0.1) is 0 Å². The molecule has 0 aromatic heterocycles. The van der Waals surface area contributed by atoms with Gasteiger partial charge in [0.1, 0.15) is 0 Å². The Morgan fingerprint density at radius 1 is 1.07 bits per heavy atom. The highest BCUT2D eigenvalue weighted by atomic mass is 32.1. The molecule has 14 heavy (non-hydrogen) atoms. The molecule has 0 fully saturated rings. The Bertz CT molecular complexity index is 141. The minimum absolute atomic E-state index is 0.255. The van der Waals surface area contributed by atoms with Crippen LogP contribution in [0.15, 0.2) is 0 Å². The maximum absolute atomic E-state index is 5.93. The summed E-state index contributed by atoms with van der Waals surface area (Å²) in [6.07, 6.45) is 1.58. The van der Waals surface area contributed by atoms with Gasteiger partial charge in [0.2, 0.25) is 0 Å². The number of thiol groups is 1. The van der Waals surface area contributed by atoms with Gasteiger partial charge >= 0.3 is 8.56 Å². The van der Waals surface area contributed by atoms with Crippen LogP contribution in [0.2, 0.25) is 12.6 Å². The first kappa shape index (κ1) is 14.5. The van der Waals surface area contributed by atoms with Crippen molar-refractivity contribution in [1.29, 1.82) is 0 Å². The second kappa shape index (κ2) is 6.88. The van der Waals surface area contributed by atoms with Gasteiger partial charge in [0.25, 0.3) is 0 Å². The predicted octanol–water partition coefficient (Wildman–Crippen LogP) is 3.23. The molecule has 0 aromatic carbocycles. The molecule has 0 atom stereocenters. The molecule has 2 nitrogen and oxygen atoms in total. The van der Waals surface area contributed by atoms with Gasteiger partial charge in [-0.3, -0.25) is 0 Å². The van der Waals surface area contributed by atoms with Crippen molar-refractivity contribution in [2.45, 2.75) is 58.9 Å². The topological polar surface area (TPSA) is 18.5 Å². The van der Waals surface area contributed by atoms with Crippen molar-refractivity contribution in [1.82, 2.24) is 0 Å². The lowest BCUT2D eigenvalue weighted by Crippen LogP contribution is -2.42. The van der Waals surface area contributed by atoms with Crippen LogP contribution >= 0.6 is 12.6 Å². The summed E-state index contributed by atoms with van der Waals surface area (Å²) in [4.78, 5) is 0. The minimum Gasteiger partial charge on any atom is -0.392 e. The summed E-state index contributed by atoms with van der Waals surface area (Å²) in [5, 5.41) is 0. The fourth-order valence-corrected chi connectivity index (χ4v) is 5.10. The summed E-state index contributed by atoms with van der Waals surface area (Å²) in [5.41, 5.74) is 0. The molecular formula is C10H24O2SSi. The molecule has 0 aliphatic rings. The largest absolute Gasteiger partial charge is 0.392 e. The molecule has 0 N–H and O–H groups in total. The molecule has 0 heterocycles. The quantitative estimate of drug-likeness (QED) is 0.540. The maximum Gasteiger partial charge on any atom is 0.335 e. The molecule has 86 valence electrons. The normalized spacial score (nSPS) is 12.9. The average molecular weight is 236 g/mol. The molecule has 0 rings (SSSR count). The first-order valence-electron chi connectivity index (χ1n) is 5.36. The Morgan fingerprint density at radius 3 is 1.79 bits per heavy atom. The third-order valence-corrected chi connectivity index (χ3v) is 5.28. The zero-order valence-electron chi connectivity index (χ0n) is 10.0. The third kappa shape index (κ3) is 6.87. The highest BCUT2D eigenvalue weighted by molar-refractivity contribution is 7.80. The summed E-state index contributed by atoms with van der Waals surface area (Å²) in [5.74, 6) is 0.908. The molecule has 0 saturated carbocycles. The first-order chi connectivity index (χ1) is 6.39. The van der Waals surface area contributed by atoms with Crippen LogP contribution in [0.3, 0.4) is 0 Å². The van der Waals surface area contributed by atoms with E-state index in [1.807, 2.05) is 0 Å². The second-order valence-corrected chi connectivity index (χ2v) is 7.98. The van der Waals surface area contributed by atoms with E-state index < -0.39 is 8.56 Å². The van der Waals surface area contributed by atoms with Crippen LogP contribution in [0.1, 0.15) is 34.1 Å². The predicted molar refractivity (Wildman–Crippen MR) is 67.3 cm³/mol. The average Bonchev–Trinajstić information content (AvgIpc) is 1.97. The number of hydrogen-bond acceptors (Lipinski definition) is 3. The molecule has 0 amide bonds. The smallest absolute Gasteiger partial charge is 0.335 e. The van der Waals surface area contributed by atoms with E-state index in [0.29, 0.717) is 0 Å². The van der Waals surface area contributed by atoms with Gasteiger partial charge in [0.05, 0.1) is 0 Å². The van der Waals surface area contributed by atoms with Gasteiger partial charge in [0, 0.05) is 12.2 Å². The lowest BCUT2D eigenvalue weighted by atomic mass is 10.5. The van der Waals surface area contributed by atoms with Crippen LogP contribution in [0.4, 0.5) is 0 Å². The monoisotopic (exact) mass is 236 g/mol. The Kier molecular flexibility index (Phi) is 7.12. The van der Waals surface area contributed by atoms with Crippen LogP contribution in [0, 0.1) is 0 Å². The molecular weight excluding hydrogens is 212 g/mol. The van der Waals surface area contributed by atoms with Crippen molar-refractivity contribution in [3.05, 3.63) is 0 Å². The summed E-state index contributed by atoms with van der Waals surface area (Å²) in [6, 6.07) is 1.03. The number of rotatable bonds is 7. The van der Waals surface area contributed by atoms with Crippen molar-refractivity contribution < 1.29 is 8.85 Å². The molecule has 0 unspecified atom stereocenters. The van der Waals surface area contributed by atoms with Crippen molar-refractivity contribution in [3.63, 3.8) is 0 Å². The van der Waals surface area contributed by atoms with E-state index in [9.17, 15) is 0 Å². The van der Waals surface area contributed by atoms with Crippen molar-refractivity contribution in [2.75, 3.05) is 5.75 Å². The van der Waals surface area contributed by atoms with Gasteiger partial charge in [0.15, 0.2) is 0 Å². The van der Waals surface area contributed by atoms with E-state index in [-0.39, 0.29) is 12.2 Å².